The van der Waals surface area contributed by atoms with E-state index >= 15 is 0 Å². The maximum Gasteiger partial charge on any atom is 0.295 e. The van der Waals surface area contributed by atoms with Gasteiger partial charge < -0.3 is 9.47 Å². The van der Waals surface area contributed by atoms with Crippen molar-refractivity contribution in [3.05, 3.63) is 70.9 Å². The molecule has 1 aliphatic rings. The second kappa shape index (κ2) is 10.3. The van der Waals surface area contributed by atoms with Gasteiger partial charge in [0.1, 0.15) is 24.1 Å². The second-order valence-corrected chi connectivity index (χ2v) is 9.27. The quantitative estimate of drug-likeness (QED) is 0.248. The molecule has 0 spiro atoms. The summed E-state index contributed by atoms with van der Waals surface area (Å²) in [6, 6.07) is 16.0. The molecule has 0 N–H and O–H groups in total. The summed E-state index contributed by atoms with van der Waals surface area (Å²) in [4.78, 5) is 40.8. The first-order valence-electron chi connectivity index (χ1n) is 11.2. The highest BCUT2D eigenvalue weighted by Gasteiger charge is 2.52. The Kier molecular flexibility index (Phi) is 7.24. The molecule has 1 aliphatic heterocycles. The lowest BCUT2D eigenvalue weighted by Crippen LogP contribution is -2.31. The molecule has 1 amide bonds. The number of Topliss-reactive ketones (excluding diaryl/α,β-unsaturated/α-hetero) is 2. The van der Waals surface area contributed by atoms with E-state index in [0.29, 0.717) is 30.2 Å². The third kappa shape index (κ3) is 4.67. The SMILES string of the molecule is COCCOc1ccc(C2C(C(=O)C(C)C)C(=O)C(=O)N2c2ccc(-c3ccsc3)cc2)cc1. The molecule has 176 valence electrons. The van der Waals surface area contributed by atoms with E-state index < -0.39 is 23.7 Å². The number of thiophene rings is 1. The number of ketones is 2. The Hall–Kier alpha value is -3.29. The van der Waals surface area contributed by atoms with Crippen LogP contribution in [-0.2, 0) is 19.1 Å². The van der Waals surface area contributed by atoms with E-state index in [1.54, 1.807) is 44.4 Å². The molecule has 7 heteroatoms. The fraction of sp³-hybridized carbons (Fsp3) is 0.296. The number of nitrogens with zero attached hydrogens (tertiary/aromatic N) is 1. The monoisotopic (exact) mass is 477 g/mol. The number of hydrogen-bond acceptors (Lipinski definition) is 6. The van der Waals surface area contributed by atoms with Crippen LogP contribution in [0, 0.1) is 11.8 Å². The molecule has 1 saturated heterocycles. The zero-order valence-electron chi connectivity index (χ0n) is 19.4. The van der Waals surface area contributed by atoms with Crippen molar-refractivity contribution in [2.24, 2.45) is 11.8 Å². The van der Waals surface area contributed by atoms with Gasteiger partial charge in [-0.3, -0.25) is 19.3 Å². The van der Waals surface area contributed by atoms with Crippen molar-refractivity contribution in [2.75, 3.05) is 25.2 Å². The van der Waals surface area contributed by atoms with Gasteiger partial charge in [0.05, 0.1) is 12.6 Å². The highest BCUT2D eigenvalue weighted by Crippen LogP contribution is 2.42. The molecule has 34 heavy (non-hydrogen) atoms. The molecule has 1 fully saturated rings. The standard InChI is InChI=1S/C27H27NO5S/c1-17(2)25(29)23-24(19-6-10-22(11-7-19)33-14-13-32-3)28(27(31)26(23)30)21-8-4-18(5-9-21)20-12-15-34-16-20/h4-12,15-17,23-24H,13-14H2,1-3H3. The van der Waals surface area contributed by atoms with E-state index in [0.717, 1.165) is 11.1 Å². The predicted molar refractivity (Wildman–Crippen MR) is 132 cm³/mol. The van der Waals surface area contributed by atoms with Crippen molar-refractivity contribution in [3.8, 4) is 16.9 Å². The molecule has 2 aromatic carbocycles. The fourth-order valence-corrected chi connectivity index (χ4v) is 4.85. The normalized spacial score (nSPS) is 18.1. The van der Waals surface area contributed by atoms with Gasteiger partial charge in [-0.2, -0.15) is 11.3 Å². The fourth-order valence-electron chi connectivity index (χ4n) is 4.18. The predicted octanol–water partition coefficient (Wildman–Crippen LogP) is 4.94. The van der Waals surface area contributed by atoms with E-state index in [-0.39, 0.29) is 11.7 Å². The van der Waals surface area contributed by atoms with E-state index in [9.17, 15) is 14.4 Å². The maximum atomic E-state index is 13.2. The second-order valence-electron chi connectivity index (χ2n) is 8.49. The van der Waals surface area contributed by atoms with Crippen LogP contribution in [0.1, 0.15) is 25.5 Å². The summed E-state index contributed by atoms with van der Waals surface area (Å²) in [5.74, 6) is -2.33. The van der Waals surface area contributed by atoms with Gasteiger partial charge in [0, 0.05) is 18.7 Å². The first kappa shape index (κ1) is 23.9. The number of carbonyl (C=O) groups excluding carboxylic acids is 3. The lowest BCUT2D eigenvalue weighted by atomic mass is 9.85. The topological polar surface area (TPSA) is 72.9 Å². The number of hydrogen-bond donors (Lipinski definition) is 0. The zero-order valence-corrected chi connectivity index (χ0v) is 20.2. The molecular formula is C27H27NO5S. The molecule has 0 aliphatic carbocycles. The van der Waals surface area contributed by atoms with Gasteiger partial charge in [0.2, 0.25) is 5.78 Å². The highest BCUT2D eigenvalue weighted by molar-refractivity contribution is 7.08. The zero-order chi connectivity index (χ0) is 24.2. The minimum absolute atomic E-state index is 0.235. The molecule has 3 aromatic rings. The average Bonchev–Trinajstić information content (AvgIpc) is 3.47. The van der Waals surface area contributed by atoms with Crippen molar-refractivity contribution < 1.29 is 23.9 Å². The Morgan fingerprint density at radius 1 is 0.971 bits per heavy atom. The van der Waals surface area contributed by atoms with Gasteiger partial charge in [0.25, 0.3) is 5.91 Å². The van der Waals surface area contributed by atoms with Gasteiger partial charge in [-0.05, 0) is 57.8 Å². The Morgan fingerprint density at radius 2 is 1.68 bits per heavy atom. The van der Waals surface area contributed by atoms with Crippen LogP contribution in [0.2, 0.25) is 0 Å². The number of anilines is 1. The molecule has 0 saturated carbocycles. The van der Waals surface area contributed by atoms with Gasteiger partial charge in [-0.25, -0.2) is 0 Å². The first-order valence-corrected chi connectivity index (χ1v) is 12.1. The molecule has 2 atom stereocenters. The number of methoxy groups -OCH3 is 1. The van der Waals surface area contributed by atoms with E-state index in [2.05, 4.69) is 5.38 Å². The van der Waals surface area contributed by atoms with Gasteiger partial charge in [0.15, 0.2) is 0 Å². The summed E-state index contributed by atoms with van der Waals surface area (Å²) in [6.45, 7) is 4.38. The van der Waals surface area contributed by atoms with Gasteiger partial charge in [-0.1, -0.05) is 38.1 Å². The van der Waals surface area contributed by atoms with Crippen molar-refractivity contribution >= 4 is 34.5 Å². The number of rotatable bonds is 9. The molecule has 6 nitrogen and oxygen atoms in total. The van der Waals surface area contributed by atoms with Crippen LogP contribution < -0.4 is 9.64 Å². The lowest BCUT2D eigenvalue weighted by Gasteiger charge is -2.28. The van der Waals surface area contributed by atoms with Crippen molar-refractivity contribution in [1.82, 2.24) is 0 Å². The van der Waals surface area contributed by atoms with Crippen LogP contribution in [0.15, 0.2) is 65.4 Å². The summed E-state index contributed by atoms with van der Waals surface area (Å²) in [5.41, 5.74) is 3.40. The summed E-state index contributed by atoms with van der Waals surface area (Å²) in [7, 11) is 1.61. The van der Waals surface area contributed by atoms with Crippen LogP contribution >= 0.6 is 11.3 Å². The Bertz CT molecular complexity index is 1150. The molecule has 0 bridgehead atoms. The summed E-state index contributed by atoms with van der Waals surface area (Å²) >= 11 is 1.61. The van der Waals surface area contributed by atoms with Crippen LogP contribution in [0.3, 0.4) is 0 Å². The van der Waals surface area contributed by atoms with E-state index in [1.807, 2.05) is 47.8 Å². The maximum absolute atomic E-state index is 13.2. The third-order valence-corrected chi connectivity index (χ3v) is 6.64. The molecule has 2 unspecified atom stereocenters. The number of benzene rings is 2. The Balaban J connectivity index is 1.71. The van der Waals surface area contributed by atoms with Gasteiger partial charge in [-0.15, -0.1) is 0 Å². The Labute approximate surface area is 203 Å². The van der Waals surface area contributed by atoms with Crippen molar-refractivity contribution in [1.29, 1.82) is 0 Å². The molecular weight excluding hydrogens is 450 g/mol. The van der Waals surface area contributed by atoms with Crippen LogP contribution in [0.5, 0.6) is 5.75 Å². The van der Waals surface area contributed by atoms with Crippen molar-refractivity contribution in [2.45, 2.75) is 19.9 Å². The van der Waals surface area contributed by atoms with Crippen LogP contribution in [-0.4, -0.2) is 37.8 Å². The summed E-state index contributed by atoms with van der Waals surface area (Å²) in [5, 5.41) is 4.06. The summed E-state index contributed by atoms with van der Waals surface area (Å²) < 4.78 is 10.6. The van der Waals surface area contributed by atoms with E-state index in [1.165, 1.54) is 4.90 Å². The van der Waals surface area contributed by atoms with Crippen molar-refractivity contribution in [3.63, 3.8) is 0 Å². The van der Waals surface area contributed by atoms with Crippen LogP contribution in [0.4, 0.5) is 5.69 Å². The highest BCUT2D eigenvalue weighted by atomic mass is 32.1. The van der Waals surface area contributed by atoms with E-state index in [4.69, 9.17) is 9.47 Å². The molecule has 0 radical (unpaired) electrons. The largest absolute Gasteiger partial charge is 0.491 e. The molecule has 1 aromatic heterocycles. The number of ether oxygens (including phenoxy) is 2. The van der Waals surface area contributed by atoms with Crippen LogP contribution in [0.25, 0.3) is 11.1 Å². The number of carbonyl (C=O) groups is 3. The molecule has 2 heterocycles. The van der Waals surface area contributed by atoms with Gasteiger partial charge >= 0.3 is 0 Å². The molecule has 4 rings (SSSR count). The minimum Gasteiger partial charge on any atom is -0.491 e. The minimum atomic E-state index is -1.05. The third-order valence-electron chi connectivity index (χ3n) is 5.96. The first-order chi connectivity index (χ1) is 16.4. The summed E-state index contributed by atoms with van der Waals surface area (Å²) in [6.07, 6.45) is 0. The Morgan fingerprint density at radius 3 is 2.26 bits per heavy atom. The average molecular weight is 478 g/mol. The number of amides is 1. The smallest absolute Gasteiger partial charge is 0.295 e. The lowest BCUT2D eigenvalue weighted by molar-refractivity contribution is -0.139.